The standard InChI is InChI=1S/C15H20N4O/c1-12-9-15(18-11-17-12)19(8-4-7-16)13-5-3-6-14(10-13)20-2/h3,5-6,9-11H,4,7-8,16H2,1-2H3. The fraction of sp³-hybridized carbons (Fsp3) is 0.333. The predicted molar refractivity (Wildman–Crippen MR) is 80.4 cm³/mol. The van der Waals surface area contributed by atoms with E-state index >= 15 is 0 Å². The highest BCUT2D eigenvalue weighted by Gasteiger charge is 2.11. The highest BCUT2D eigenvalue weighted by atomic mass is 16.5. The average molecular weight is 272 g/mol. The largest absolute Gasteiger partial charge is 0.497 e. The SMILES string of the molecule is COc1cccc(N(CCCN)c2cc(C)ncn2)c1. The summed E-state index contributed by atoms with van der Waals surface area (Å²) in [5.74, 6) is 1.70. The molecule has 0 amide bonds. The molecule has 1 heterocycles. The second-order valence-electron chi connectivity index (χ2n) is 4.51. The molecule has 0 spiro atoms. The molecular formula is C15H20N4O. The first-order valence-corrected chi connectivity index (χ1v) is 6.65. The number of rotatable bonds is 6. The van der Waals surface area contributed by atoms with Crippen LogP contribution < -0.4 is 15.4 Å². The number of hydrogen-bond donors (Lipinski definition) is 1. The Morgan fingerprint density at radius 1 is 1.25 bits per heavy atom. The summed E-state index contributed by atoms with van der Waals surface area (Å²) in [6.07, 6.45) is 2.47. The maximum atomic E-state index is 5.63. The molecule has 0 atom stereocenters. The van der Waals surface area contributed by atoms with E-state index in [9.17, 15) is 0 Å². The van der Waals surface area contributed by atoms with Gasteiger partial charge in [0.05, 0.1) is 7.11 Å². The Labute approximate surface area is 119 Å². The van der Waals surface area contributed by atoms with E-state index < -0.39 is 0 Å². The highest BCUT2D eigenvalue weighted by Crippen LogP contribution is 2.27. The number of nitrogens with two attached hydrogens (primary N) is 1. The predicted octanol–water partition coefficient (Wildman–Crippen LogP) is 2.28. The van der Waals surface area contributed by atoms with Crippen molar-refractivity contribution in [3.63, 3.8) is 0 Å². The zero-order chi connectivity index (χ0) is 14.4. The maximum Gasteiger partial charge on any atom is 0.136 e. The number of anilines is 2. The van der Waals surface area contributed by atoms with Gasteiger partial charge in [0.2, 0.25) is 0 Å². The van der Waals surface area contributed by atoms with Crippen LogP contribution in [0.4, 0.5) is 11.5 Å². The van der Waals surface area contributed by atoms with E-state index in [4.69, 9.17) is 10.5 Å². The van der Waals surface area contributed by atoms with Crippen LogP contribution in [-0.4, -0.2) is 30.2 Å². The van der Waals surface area contributed by atoms with Crippen molar-refractivity contribution in [2.24, 2.45) is 5.73 Å². The Morgan fingerprint density at radius 2 is 2.10 bits per heavy atom. The molecule has 0 saturated carbocycles. The van der Waals surface area contributed by atoms with Gasteiger partial charge >= 0.3 is 0 Å². The molecule has 0 saturated heterocycles. The second-order valence-corrected chi connectivity index (χ2v) is 4.51. The van der Waals surface area contributed by atoms with Crippen LogP contribution >= 0.6 is 0 Å². The van der Waals surface area contributed by atoms with E-state index in [2.05, 4.69) is 14.9 Å². The van der Waals surface area contributed by atoms with Crippen LogP contribution in [0.3, 0.4) is 0 Å². The first-order chi connectivity index (χ1) is 9.74. The molecule has 2 rings (SSSR count). The monoisotopic (exact) mass is 272 g/mol. The van der Waals surface area contributed by atoms with Crippen molar-refractivity contribution in [2.75, 3.05) is 25.1 Å². The van der Waals surface area contributed by atoms with Crippen LogP contribution in [0, 0.1) is 6.92 Å². The van der Waals surface area contributed by atoms with Gasteiger partial charge in [-0.15, -0.1) is 0 Å². The smallest absolute Gasteiger partial charge is 0.136 e. The second kappa shape index (κ2) is 6.86. The van der Waals surface area contributed by atoms with Gasteiger partial charge < -0.3 is 15.4 Å². The van der Waals surface area contributed by atoms with Gasteiger partial charge in [-0.05, 0) is 32.0 Å². The van der Waals surface area contributed by atoms with Gasteiger partial charge in [-0.2, -0.15) is 0 Å². The van der Waals surface area contributed by atoms with Gasteiger partial charge in [0.25, 0.3) is 0 Å². The molecule has 106 valence electrons. The van der Waals surface area contributed by atoms with Crippen molar-refractivity contribution in [3.8, 4) is 5.75 Å². The lowest BCUT2D eigenvalue weighted by Crippen LogP contribution is -2.22. The minimum atomic E-state index is 0.643. The molecule has 1 aromatic heterocycles. The zero-order valence-electron chi connectivity index (χ0n) is 11.9. The van der Waals surface area contributed by atoms with E-state index in [1.807, 2.05) is 37.3 Å². The molecule has 20 heavy (non-hydrogen) atoms. The molecule has 2 N–H and O–H groups in total. The summed E-state index contributed by atoms with van der Waals surface area (Å²) in [5.41, 5.74) is 7.61. The zero-order valence-corrected chi connectivity index (χ0v) is 11.9. The first kappa shape index (κ1) is 14.3. The Kier molecular flexibility index (Phi) is 4.90. The lowest BCUT2D eigenvalue weighted by molar-refractivity contribution is 0.415. The van der Waals surface area contributed by atoms with Gasteiger partial charge in [0.15, 0.2) is 0 Å². The molecule has 0 aliphatic heterocycles. The quantitative estimate of drug-likeness (QED) is 0.874. The van der Waals surface area contributed by atoms with E-state index in [0.29, 0.717) is 6.54 Å². The van der Waals surface area contributed by atoms with Crippen molar-refractivity contribution in [3.05, 3.63) is 42.4 Å². The molecule has 5 nitrogen and oxygen atoms in total. The first-order valence-electron chi connectivity index (χ1n) is 6.65. The molecule has 0 radical (unpaired) electrons. The van der Waals surface area contributed by atoms with Crippen molar-refractivity contribution < 1.29 is 4.74 Å². The van der Waals surface area contributed by atoms with Crippen molar-refractivity contribution in [2.45, 2.75) is 13.3 Å². The number of hydrogen-bond acceptors (Lipinski definition) is 5. The maximum absolute atomic E-state index is 5.63. The minimum absolute atomic E-state index is 0.643. The Balaban J connectivity index is 2.35. The Morgan fingerprint density at radius 3 is 2.80 bits per heavy atom. The van der Waals surface area contributed by atoms with Crippen LogP contribution in [0.15, 0.2) is 36.7 Å². The molecule has 0 unspecified atom stereocenters. The molecule has 0 fully saturated rings. The third-order valence-electron chi connectivity index (χ3n) is 3.02. The van der Waals surface area contributed by atoms with E-state index in [1.54, 1.807) is 13.4 Å². The van der Waals surface area contributed by atoms with Crippen LogP contribution in [0.25, 0.3) is 0 Å². The summed E-state index contributed by atoms with van der Waals surface area (Å²) in [5, 5.41) is 0. The van der Waals surface area contributed by atoms with Crippen molar-refractivity contribution in [1.29, 1.82) is 0 Å². The van der Waals surface area contributed by atoms with E-state index in [1.165, 1.54) is 0 Å². The van der Waals surface area contributed by atoms with Gasteiger partial charge in [0.1, 0.15) is 17.9 Å². The summed E-state index contributed by atoms with van der Waals surface area (Å²) in [7, 11) is 1.66. The molecule has 0 bridgehead atoms. The Bertz CT molecular complexity index is 559. The molecule has 0 aliphatic carbocycles. The average Bonchev–Trinajstić information content (AvgIpc) is 2.48. The molecule has 1 aromatic carbocycles. The highest BCUT2D eigenvalue weighted by molar-refractivity contribution is 5.61. The van der Waals surface area contributed by atoms with Crippen molar-refractivity contribution in [1.82, 2.24) is 9.97 Å². The van der Waals surface area contributed by atoms with Gasteiger partial charge in [-0.3, -0.25) is 0 Å². The van der Waals surface area contributed by atoms with Crippen LogP contribution in [-0.2, 0) is 0 Å². The van der Waals surface area contributed by atoms with Crippen LogP contribution in [0.5, 0.6) is 5.75 Å². The van der Waals surface area contributed by atoms with E-state index in [0.717, 1.165) is 35.9 Å². The third kappa shape index (κ3) is 3.45. The molecule has 0 aliphatic rings. The summed E-state index contributed by atoms with van der Waals surface area (Å²) in [4.78, 5) is 10.6. The van der Waals surface area contributed by atoms with Crippen LogP contribution in [0.2, 0.25) is 0 Å². The van der Waals surface area contributed by atoms with Gasteiger partial charge in [0, 0.05) is 30.1 Å². The normalized spacial score (nSPS) is 10.3. The van der Waals surface area contributed by atoms with Crippen molar-refractivity contribution >= 4 is 11.5 Å². The lowest BCUT2D eigenvalue weighted by Gasteiger charge is -2.24. The third-order valence-corrected chi connectivity index (χ3v) is 3.02. The minimum Gasteiger partial charge on any atom is -0.497 e. The van der Waals surface area contributed by atoms with E-state index in [-0.39, 0.29) is 0 Å². The number of aromatic nitrogens is 2. The fourth-order valence-corrected chi connectivity index (χ4v) is 1.99. The number of nitrogens with zero attached hydrogens (tertiary/aromatic N) is 3. The summed E-state index contributed by atoms with van der Waals surface area (Å²) in [6, 6.07) is 9.90. The lowest BCUT2D eigenvalue weighted by atomic mass is 10.2. The molecule has 2 aromatic rings. The van der Waals surface area contributed by atoms with Gasteiger partial charge in [-0.25, -0.2) is 9.97 Å². The van der Waals surface area contributed by atoms with Crippen LogP contribution in [0.1, 0.15) is 12.1 Å². The number of aryl methyl sites for hydroxylation is 1. The topological polar surface area (TPSA) is 64.3 Å². The number of methoxy groups -OCH3 is 1. The molecular weight excluding hydrogens is 252 g/mol. The van der Waals surface area contributed by atoms with Gasteiger partial charge in [-0.1, -0.05) is 6.07 Å². The summed E-state index contributed by atoms with van der Waals surface area (Å²) >= 11 is 0. The number of ether oxygens (including phenoxy) is 1. The Hall–Kier alpha value is -2.14. The fourth-order valence-electron chi connectivity index (χ4n) is 1.99. The summed E-state index contributed by atoms with van der Waals surface area (Å²) in [6.45, 7) is 3.41. The molecule has 5 heteroatoms. The summed E-state index contributed by atoms with van der Waals surface area (Å²) < 4.78 is 5.28. The number of benzene rings is 1.